The van der Waals surface area contributed by atoms with Crippen LogP contribution in [0.5, 0.6) is 0 Å². The third-order valence-corrected chi connectivity index (χ3v) is 3.67. The molecular formula is C17H19FN2O2. The largest absolute Gasteiger partial charge is 0.469 e. The topological polar surface area (TPSA) is 51.2 Å². The fourth-order valence-corrected chi connectivity index (χ4v) is 2.28. The molecule has 1 aromatic carbocycles. The van der Waals surface area contributed by atoms with E-state index in [1.807, 2.05) is 19.1 Å². The van der Waals surface area contributed by atoms with Crippen LogP contribution in [0.25, 0.3) is 0 Å². The van der Waals surface area contributed by atoms with E-state index in [9.17, 15) is 9.18 Å². The monoisotopic (exact) mass is 302 g/mol. The molecule has 0 saturated carbocycles. The Morgan fingerprint density at radius 2 is 1.95 bits per heavy atom. The number of halogens is 1. The lowest BCUT2D eigenvalue weighted by atomic mass is 9.89. The molecule has 0 aliphatic rings. The number of rotatable bonds is 6. The first-order chi connectivity index (χ1) is 10.5. The number of hydrogen-bond donors (Lipinski definition) is 1. The van der Waals surface area contributed by atoms with Gasteiger partial charge in [0.15, 0.2) is 0 Å². The van der Waals surface area contributed by atoms with Gasteiger partial charge in [-0.2, -0.15) is 0 Å². The SMILES string of the molecule is COC(=O)C[C@](C)(NCc1ccccc1F)c1ccncc1. The quantitative estimate of drug-likeness (QED) is 0.834. The molecule has 116 valence electrons. The average molecular weight is 302 g/mol. The number of benzene rings is 1. The van der Waals surface area contributed by atoms with Crippen LogP contribution in [0.2, 0.25) is 0 Å². The first kappa shape index (κ1) is 16.1. The van der Waals surface area contributed by atoms with Crippen LogP contribution in [0.4, 0.5) is 4.39 Å². The Balaban J connectivity index is 2.21. The summed E-state index contributed by atoms with van der Waals surface area (Å²) in [5, 5.41) is 3.27. The number of hydrogen-bond acceptors (Lipinski definition) is 4. The third-order valence-electron chi connectivity index (χ3n) is 3.67. The third kappa shape index (κ3) is 3.89. The Labute approximate surface area is 129 Å². The first-order valence-electron chi connectivity index (χ1n) is 7.01. The lowest BCUT2D eigenvalue weighted by molar-refractivity contribution is -0.142. The van der Waals surface area contributed by atoms with Gasteiger partial charge < -0.3 is 10.1 Å². The van der Waals surface area contributed by atoms with Gasteiger partial charge in [0.25, 0.3) is 0 Å². The molecule has 1 heterocycles. The molecule has 2 aromatic rings. The summed E-state index contributed by atoms with van der Waals surface area (Å²) in [6.07, 6.45) is 3.47. The Hall–Kier alpha value is -2.27. The van der Waals surface area contributed by atoms with Gasteiger partial charge in [-0.05, 0) is 30.7 Å². The highest BCUT2D eigenvalue weighted by molar-refractivity contribution is 5.71. The molecule has 1 N–H and O–H groups in total. The van der Waals surface area contributed by atoms with Crippen molar-refractivity contribution in [2.45, 2.75) is 25.4 Å². The molecule has 0 amide bonds. The van der Waals surface area contributed by atoms with E-state index >= 15 is 0 Å². The molecule has 0 bridgehead atoms. The van der Waals surface area contributed by atoms with E-state index in [1.165, 1.54) is 13.2 Å². The number of methoxy groups -OCH3 is 1. The number of pyridine rings is 1. The second-order valence-electron chi connectivity index (χ2n) is 5.27. The Kier molecular flexibility index (Phi) is 5.22. The highest BCUT2D eigenvalue weighted by atomic mass is 19.1. The molecule has 0 saturated heterocycles. The highest BCUT2D eigenvalue weighted by Gasteiger charge is 2.29. The van der Waals surface area contributed by atoms with Crippen LogP contribution < -0.4 is 5.32 Å². The number of carbonyl (C=O) groups is 1. The summed E-state index contributed by atoms with van der Waals surface area (Å²) in [7, 11) is 1.35. The lowest BCUT2D eigenvalue weighted by Gasteiger charge is -2.30. The zero-order valence-electron chi connectivity index (χ0n) is 12.7. The van der Waals surface area contributed by atoms with E-state index in [-0.39, 0.29) is 18.2 Å². The molecule has 0 unspecified atom stereocenters. The predicted molar refractivity (Wildman–Crippen MR) is 81.5 cm³/mol. The molecular weight excluding hydrogens is 283 g/mol. The van der Waals surface area contributed by atoms with Crippen molar-refractivity contribution in [2.24, 2.45) is 0 Å². The van der Waals surface area contributed by atoms with Crippen molar-refractivity contribution < 1.29 is 13.9 Å². The minimum atomic E-state index is -0.668. The maximum atomic E-state index is 13.8. The van der Waals surface area contributed by atoms with Gasteiger partial charge in [-0.3, -0.25) is 9.78 Å². The van der Waals surface area contributed by atoms with E-state index in [0.29, 0.717) is 12.1 Å². The van der Waals surface area contributed by atoms with Crippen LogP contribution in [0, 0.1) is 5.82 Å². The molecule has 0 aliphatic carbocycles. The van der Waals surface area contributed by atoms with Gasteiger partial charge in [0.05, 0.1) is 19.1 Å². The van der Waals surface area contributed by atoms with Crippen molar-refractivity contribution in [3.8, 4) is 0 Å². The summed E-state index contributed by atoms with van der Waals surface area (Å²) >= 11 is 0. The average Bonchev–Trinajstić information content (AvgIpc) is 2.55. The summed E-state index contributed by atoms with van der Waals surface area (Å²) in [5.41, 5.74) is 0.773. The van der Waals surface area contributed by atoms with Crippen molar-refractivity contribution in [1.29, 1.82) is 0 Å². The Morgan fingerprint density at radius 1 is 1.27 bits per heavy atom. The predicted octanol–water partition coefficient (Wildman–Crippen LogP) is 2.79. The van der Waals surface area contributed by atoms with Crippen LogP contribution in [0.1, 0.15) is 24.5 Å². The number of nitrogens with one attached hydrogen (secondary N) is 1. The number of ether oxygens (including phenoxy) is 1. The summed E-state index contributed by atoms with van der Waals surface area (Å²) in [6.45, 7) is 2.20. The molecule has 0 spiro atoms. The minimum Gasteiger partial charge on any atom is -0.469 e. The van der Waals surface area contributed by atoms with Crippen LogP contribution in [0.3, 0.4) is 0 Å². The van der Waals surface area contributed by atoms with Crippen LogP contribution in [0.15, 0.2) is 48.8 Å². The van der Waals surface area contributed by atoms with Gasteiger partial charge in [-0.25, -0.2) is 4.39 Å². The van der Waals surface area contributed by atoms with E-state index < -0.39 is 5.54 Å². The first-order valence-corrected chi connectivity index (χ1v) is 7.01. The van der Waals surface area contributed by atoms with Crippen molar-refractivity contribution in [1.82, 2.24) is 10.3 Å². The molecule has 22 heavy (non-hydrogen) atoms. The Bertz CT molecular complexity index is 634. The van der Waals surface area contributed by atoms with Gasteiger partial charge >= 0.3 is 5.97 Å². The van der Waals surface area contributed by atoms with E-state index in [1.54, 1.807) is 30.6 Å². The number of carbonyl (C=O) groups excluding carboxylic acids is 1. The Morgan fingerprint density at radius 3 is 2.59 bits per heavy atom. The van der Waals surface area contributed by atoms with Crippen molar-refractivity contribution in [2.75, 3.05) is 7.11 Å². The fraction of sp³-hybridized carbons (Fsp3) is 0.294. The summed E-state index contributed by atoms with van der Waals surface area (Å²) in [5.74, 6) is -0.606. The summed E-state index contributed by atoms with van der Waals surface area (Å²) in [6, 6.07) is 10.2. The summed E-state index contributed by atoms with van der Waals surface area (Å²) < 4.78 is 18.5. The highest BCUT2D eigenvalue weighted by Crippen LogP contribution is 2.25. The molecule has 5 heteroatoms. The molecule has 2 rings (SSSR count). The minimum absolute atomic E-state index is 0.141. The van der Waals surface area contributed by atoms with Crippen LogP contribution in [-0.2, 0) is 21.6 Å². The molecule has 1 aromatic heterocycles. The fourth-order valence-electron chi connectivity index (χ4n) is 2.28. The van der Waals surface area contributed by atoms with Gasteiger partial charge in [0.2, 0.25) is 0 Å². The zero-order chi connectivity index (χ0) is 16.0. The van der Waals surface area contributed by atoms with Crippen LogP contribution in [-0.4, -0.2) is 18.1 Å². The number of aromatic nitrogens is 1. The molecule has 0 radical (unpaired) electrons. The van der Waals surface area contributed by atoms with E-state index in [2.05, 4.69) is 10.3 Å². The van der Waals surface area contributed by atoms with Gasteiger partial charge in [-0.1, -0.05) is 18.2 Å². The molecule has 4 nitrogen and oxygen atoms in total. The van der Waals surface area contributed by atoms with Crippen LogP contribution >= 0.6 is 0 Å². The van der Waals surface area contributed by atoms with E-state index in [4.69, 9.17) is 4.74 Å². The van der Waals surface area contributed by atoms with Gasteiger partial charge in [-0.15, -0.1) is 0 Å². The maximum absolute atomic E-state index is 13.8. The van der Waals surface area contributed by atoms with Gasteiger partial charge in [0, 0.05) is 24.5 Å². The standard InChI is InChI=1S/C17H19FN2O2/c1-17(11-16(21)22-2,14-7-9-19-10-8-14)20-12-13-5-3-4-6-15(13)18/h3-10,20H,11-12H2,1-2H3/t17-/m0/s1. The second-order valence-corrected chi connectivity index (χ2v) is 5.27. The normalized spacial score (nSPS) is 13.4. The van der Waals surface area contributed by atoms with E-state index in [0.717, 1.165) is 5.56 Å². The lowest BCUT2D eigenvalue weighted by Crippen LogP contribution is -2.41. The smallest absolute Gasteiger partial charge is 0.307 e. The second kappa shape index (κ2) is 7.13. The summed E-state index contributed by atoms with van der Waals surface area (Å²) in [4.78, 5) is 15.7. The number of nitrogens with zero attached hydrogens (tertiary/aromatic N) is 1. The molecule has 0 aliphatic heterocycles. The zero-order valence-corrected chi connectivity index (χ0v) is 12.7. The maximum Gasteiger partial charge on any atom is 0.307 e. The number of esters is 1. The van der Waals surface area contributed by atoms with Crippen molar-refractivity contribution in [3.63, 3.8) is 0 Å². The molecule has 1 atom stereocenters. The van der Waals surface area contributed by atoms with Gasteiger partial charge in [0.1, 0.15) is 5.82 Å². The molecule has 0 fully saturated rings. The van der Waals surface area contributed by atoms with Crippen molar-refractivity contribution >= 4 is 5.97 Å². The van der Waals surface area contributed by atoms with Crippen molar-refractivity contribution in [3.05, 3.63) is 65.7 Å².